The second-order valence-electron chi connectivity index (χ2n) is 1.89. The van der Waals surface area contributed by atoms with E-state index in [1.165, 1.54) is 11.3 Å². The molecule has 0 aromatic carbocycles. The molecule has 0 fully saturated rings. The fourth-order valence-electron chi connectivity index (χ4n) is 0.740. The first-order valence-electron chi connectivity index (χ1n) is 2.90. The lowest BCUT2D eigenvalue weighted by Crippen LogP contribution is -1.85. The largest absolute Gasteiger partial charge is 0.391 e. The first kappa shape index (κ1) is 7.98. The average molecular weight is 178 g/mol. The van der Waals surface area contributed by atoms with Gasteiger partial charge in [0.1, 0.15) is 0 Å². The number of aliphatic hydroxyl groups excluding tert-OH is 1. The Balaban J connectivity index is 2.96. The third-order valence-corrected chi connectivity index (χ3v) is 2.41. The molecule has 0 amide bonds. The van der Waals surface area contributed by atoms with Crippen molar-refractivity contribution in [2.24, 2.45) is 0 Å². The molecule has 0 bridgehead atoms. The first-order chi connectivity index (χ1) is 4.77. The van der Waals surface area contributed by atoms with E-state index in [0.29, 0.717) is 5.88 Å². The fourth-order valence-corrected chi connectivity index (χ4v) is 1.85. The maximum Gasteiger partial charge on any atom is 0.0901 e. The number of aromatic nitrogens is 1. The van der Waals surface area contributed by atoms with Crippen molar-refractivity contribution in [3.63, 3.8) is 0 Å². The third-order valence-electron chi connectivity index (χ3n) is 1.16. The predicted molar refractivity (Wildman–Crippen MR) is 42.3 cm³/mol. The van der Waals surface area contributed by atoms with Crippen LogP contribution in [0.3, 0.4) is 0 Å². The molecule has 1 heterocycles. The van der Waals surface area contributed by atoms with Gasteiger partial charge in [-0.15, -0.1) is 22.9 Å². The highest BCUT2D eigenvalue weighted by Crippen LogP contribution is 2.18. The Kier molecular flexibility index (Phi) is 2.65. The summed E-state index contributed by atoms with van der Waals surface area (Å²) in [6.45, 7) is 1.95. The van der Waals surface area contributed by atoms with E-state index < -0.39 is 0 Å². The van der Waals surface area contributed by atoms with Crippen molar-refractivity contribution in [2.75, 3.05) is 0 Å². The molecule has 0 aliphatic rings. The predicted octanol–water partition coefficient (Wildman–Crippen LogP) is 1.68. The summed E-state index contributed by atoms with van der Waals surface area (Å²) in [5.74, 6) is 0.389. The van der Waals surface area contributed by atoms with Gasteiger partial charge in [0.2, 0.25) is 0 Å². The first-order valence-corrected chi connectivity index (χ1v) is 4.25. The Morgan fingerprint density at radius 1 is 1.70 bits per heavy atom. The molecule has 0 unspecified atom stereocenters. The average Bonchev–Trinajstić information content (AvgIpc) is 2.30. The van der Waals surface area contributed by atoms with Gasteiger partial charge in [-0.3, -0.25) is 0 Å². The molecule has 1 rings (SSSR count). The van der Waals surface area contributed by atoms with Gasteiger partial charge in [-0.1, -0.05) is 0 Å². The molecule has 0 aliphatic heterocycles. The van der Waals surface area contributed by atoms with E-state index in [0.717, 1.165) is 15.6 Å². The highest BCUT2D eigenvalue weighted by Gasteiger charge is 2.05. The minimum atomic E-state index is 0.0492. The number of alkyl halides is 1. The smallest absolute Gasteiger partial charge is 0.0901 e. The van der Waals surface area contributed by atoms with E-state index in [2.05, 4.69) is 4.98 Å². The lowest BCUT2D eigenvalue weighted by molar-refractivity contribution is 0.284. The minimum Gasteiger partial charge on any atom is -0.391 e. The van der Waals surface area contributed by atoms with E-state index in [-0.39, 0.29) is 6.61 Å². The Labute approximate surface area is 68.5 Å². The third kappa shape index (κ3) is 1.48. The molecule has 0 spiro atoms. The van der Waals surface area contributed by atoms with Gasteiger partial charge in [0.05, 0.1) is 28.1 Å². The van der Waals surface area contributed by atoms with Crippen LogP contribution in [0.5, 0.6) is 0 Å². The lowest BCUT2D eigenvalue weighted by Gasteiger charge is -1.89. The molecule has 1 N–H and O–H groups in total. The van der Waals surface area contributed by atoms with Gasteiger partial charge in [0.15, 0.2) is 0 Å². The summed E-state index contributed by atoms with van der Waals surface area (Å²) in [5, 5.41) is 9.73. The van der Waals surface area contributed by atoms with E-state index >= 15 is 0 Å². The summed E-state index contributed by atoms with van der Waals surface area (Å²) in [6, 6.07) is 0. The van der Waals surface area contributed by atoms with Gasteiger partial charge < -0.3 is 5.11 Å². The number of aliphatic hydroxyl groups is 1. The lowest BCUT2D eigenvalue weighted by atomic mass is 10.4. The zero-order chi connectivity index (χ0) is 7.56. The van der Waals surface area contributed by atoms with Gasteiger partial charge >= 0.3 is 0 Å². The summed E-state index contributed by atoms with van der Waals surface area (Å²) in [6.07, 6.45) is 0. The Bertz CT molecular complexity index is 202. The molecule has 1 aromatic heterocycles. The summed E-state index contributed by atoms with van der Waals surface area (Å²) in [7, 11) is 0. The van der Waals surface area contributed by atoms with Crippen molar-refractivity contribution in [3.05, 3.63) is 15.6 Å². The molecule has 56 valence electrons. The molecular formula is C6H8ClNOS. The van der Waals surface area contributed by atoms with Crippen LogP contribution in [0, 0.1) is 6.92 Å². The Hall–Kier alpha value is -0.120. The van der Waals surface area contributed by atoms with Gasteiger partial charge in [0, 0.05) is 0 Å². The van der Waals surface area contributed by atoms with Gasteiger partial charge in [-0.05, 0) is 6.92 Å². The highest BCUT2D eigenvalue weighted by molar-refractivity contribution is 7.11. The molecular weight excluding hydrogens is 170 g/mol. The van der Waals surface area contributed by atoms with E-state index in [1.807, 2.05) is 6.92 Å². The molecule has 0 aliphatic carbocycles. The van der Waals surface area contributed by atoms with E-state index in [1.54, 1.807) is 0 Å². The SMILES string of the molecule is Cc1nc(CCl)c(CO)s1. The zero-order valence-corrected chi connectivity index (χ0v) is 7.17. The Morgan fingerprint density at radius 2 is 2.40 bits per heavy atom. The molecule has 1 aromatic rings. The van der Waals surface area contributed by atoms with Crippen molar-refractivity contribution in [1.29, 1.82) is 0 Å². The van der Waals surface area contributed by atoms with Crippen LogP contribution in [-0.4, -0.2) is 10.1 Å². The van der Waals surface area contributed by atoms with Crippen molar-refractivity contribution in [1.82, 2.24) is 4.98 Å². The van der Waals surface area contributed by atoms with Crippen molar-refractivity contribution >= 4 is 22.9 Å². The topological polar surface area (TPSA) is 33.1 Å². The second-order valence-corrected chi connectivity index (χ2v) is 3.45. The second kappa shape index (κ2) is 3.32. The van der Waals surface area contributed by atoms with Crippen LogP contribution in [0.1, 0.15) is 15.6 Å². The number of hydrogen-bond donors (Lipinski definition) is 1. The van der Waals surface area contributed by atoms with Crippen molar-refractivity contribution in [2.45, 2.75) is 19.4 Å². The number of nitrogens with zero attached hydrogens (tertiary/aromatic N) is 1. The molecule has 0 radical (unpaired) electrons. The number of halogens is 1. The van der Waals surface area contributed by atoms with Crippen LogP contribution < -0.4 is 0 Å². The van der Waals surface area contributed by atoms with E-state index in [9.17, 15) is 0 Å². The van der Waals surface area contributed by atoms with Gasteiger partial charge in [-0.2, -0.15) is 0 Å². The molecule has 2 nitrogen and oxygen atoms in total. The van der Waals surface area contributed by atoms with Gasteiger partial charge in [-0.25, -0.2) is 4.98 Å². The number of rotatable bonds is 2. The van der Waals surface area contributed by atoms with Crippen LogP contribution in [-0.2, 0) is 12.5 Å². The number of thiazole rings is 1. The number of hydrogen-bond acceptors (Lipinski definition) is 3. The standard InChI is InChI=1S/C6H8ClNOS/c1-4-8-5(2-7)6(3-9)10-4/h9H,2-3H2,1H3. The van der Waals surface area contributed by atoms with Crippen LogP contribution in [0.15, 0.2) is 0 Å². The summed E-state index contributed by atoms with van der Waals surface area (Å²) in [5.41, 5.74) is 0.812. The summed E-state index contributed by atoms with van der Waals surface area (Å²) < 4.78 is 0. The maximum atomic E-state index is 8.77. The maximum absolute atomic E-state index is 8.77. The number of aryl methyl sites for hydroxylation is 1. The van der Waals surface area contributed by atoms with Gasteiger partial charge in [0.25, 0.3) is 0 Å². The molecule has 0 saturated carbocycles. The van der Waals surface area contributed by atoms with Crippen molar-refractivity contribution in [3.8, 4) is 0 Å². The summed E-state index contributed by atoms with van der Waals surface area (Å²) >= 11 is 7.05. The Morgan fingerprint density at radius 3 is 2.80 bits per heavy atom. The van der Waals surface area contributed by atoms with Crippen molar-refractivity contribution < 1.29 is 5.11 Å². The minimum absolute atomic E-state index is 0.0492. The molecule has 10 heavy (non-hydrogen) atoms. The monoisotopic (exact) mass is 177 g/mol. The quantitative estimate of drug-likeness (QED) is 0.698. The van der Waals surface area contributed by atoms with Crippen LogP contribution in [0.4, 0.5) is 0 Å². The fraction of sp³-hybridized carbons (Fsp3) is 0.500. The normalized spacial score (nSPS) is 10.3. The molecule has 0 atom stereocenters. The zero-order valence-electron chi connectivity index (χ0n) is 5.59. The van der Waals surface area contributed by atoms with E-state index in [4.69, 9.17) is 16.7 Å². The molecule has 0 saturated heterocycles. The molecule has 4 heteroatoms. The van der Waals surface area contributed by atoms with Crippen LogP contribution in [0.25, 0.3) is 0 Å². The van der Waals surface area contributed by atoms with Crippen LogP contribution >= 0.6 is 22.9 Å². The summed E-state index contributed by atoms with van der Waals surface area (Å²) in [4.78, 5) is 5.01. The van der Waals surface area contributed by atoms with Crippen LogP contribution in [0.2, 0.25) is 0 Å². The highest BCUT2D eigenvalue weighted by atomic mass is 35.5.